The summed E-state index contributed by atoms with van der Waals surface area (Å²) in [6.07, 6.45) is -4.79. The molecule has 1 atom stereocenters. The zero-order valence-corrected chi connectivity index (χ0v) is 15.2. The Labute approximate surface area is 158 Å². The number of rotatable bonds is 6. The van der Waals surface area contributed by atoms with Crippen molar-refractivity contribution in [3.8, 4) is 5.75 Å². The summed E-state index contributed by atoms with van der Waals surface area (Å²) in [4.78, 5) is 15.0. The van der Waals surface area contributed by atoms with Gasteiger partial charge in [0.25, 0.3) is 5.91 Å². The highest BCUT2D eigenvalue weighted by atomic mass is 32.2. The number of nitrogen functional groups attached to an aromatic ring is 1. The van der Waals surface area contributed by atoms with Crippen LogP contribution in [0.15, 0.2) is 46.3 Å². The lowest BCUT2D eigenvalue weighted by molar-refractivity contribution is -0.274. The number of alkyl halides is 3. The quantitative estimate of drug-likeness (QED) is 0.647. The molecule has 4 N–H and O–H groups in total. The molecule has 1 aromatic carbocycles. The van der Waals surface area contributed by atoms with Gasteiger partial charge < -0.3 is 20.9 Å². The number of nitrogens with two attached hydrogens (primary N) is 1. The van der Waals surface area contributed by atoms with Gasteiger partial charge in [0.2, 0.25) is 9.84 Å². The van der Waals surface area contributed by atoms with E-state index >= 15 is 0 Å². The molecule has 28 heavy (non-hydrogen) atoms. The zero-order valence-electron chi connectivity index (χ0n) is 14.4. The first-order valence-electron chi connectivity index (χ1n) is 7.73. The largest absolute Gasteiger partial charge is 0.573 e. The van der Waals surface area contributed by atoms with Crippen molar-refractivity contribution < 1.29 is 36.2 Å². The van der Waals surface area contributed by atoms with Crippen LogP contribution in [0.4, 0.5) is 18.9 Å². The molecule has 1 amide bonds. The summed E-state index contributed by atoms with van der Waals surface area (Å²) in [5.74, 6) is -1.27. The molecule has 0 radical (unpaired) electrons. The molecule has 2 aromatic rings. The Morgan fingerprint density at radius 3 is 2.39 bits per heavy atom. The van der Waals surface area contributed by atoms with E-state index in [9.17, 15) is 26.4 Å². The summed E-state index contributed by atoms with van der Waals surface area (Å²) in [6, 6.07) is 4.61. The molecule has 0 saturated carbocycles. The lowest BCUT2D eigenvalue weighted by Crippen LogP contribution is -2.31. The monoisotopic (exact) mass is 419 g/mol. The van der Waals surface area contributed by atoms with Crippen molar-refractivity contribution in [1.82, 2.24) is 10.3 Å². The molecular weight excluding hydrogens is 403 g/mol. The molecule has 0 bridgehead atoms. The number of hydrogen-bond donors (Lipinski definition) is 3. The number of anilines is 1. The third-order valence-electron chi connectivity index (χ3n) is 3.34. The zero-order chi connectivity index (χ0) is 21.1. The normalized spacial score (nSPS) is 13.0. The number of aliphatic hydroxyl groups is 1. The van der Waals surface area contributed by atoms with Gasteiger partial charge in [0.05, 0.1) is 21.6 Å². The molecule has 1 heterocycles. The van der Waals surface area contributed by atoms with Crippen LogP contribution in [0.5, 0.6) is 5.75 Å². The molecule has 8 nitrogen and oxygen atoms in total. The average molecular weight is 419 g/mol. The number of carbonyl (C=O) groups is 1. The number of hydrogen-bond acceptors (Lipinski definition) is 7. The van der Waals surface area contributed by atoms with E-state index < -0.39 is 34.0 Å². The molecule has 0 fully saturated rings. The Bertz CT molecular complexity index is 960. The van der Waals surface area contributed by atoms with Gasteiger partial charge in [0.1, 0.15) is 5.75 Å². The van der Waals surface area contributed by atoms with E-state index in [4.69, 9.17) is 10.8 Å². The molecule has 0 saturated heterocycles. The van der Waals surface area contributed by atoms with Crippen molar-refractivity contribution in [3.05, 3.63) is 42.2 Å². The summed E-state index contributed by atoms with van der Waals surface area (Å²) >= 11 is 0. The van der Waals surface area contributed by atoms with E-state index in [1.165, 1.54) is 6.92 Å². The molecule has 0 unspecified atom stereocenters. The fourth-order valence-corrected chi connectivity index (χ4v) is 3.32. The van der Waals surface area contributed by atoms with Gasteiger partial charge >= 0.3 is 6.36 Å². The second-order valence-corrected chi connectivity index (χ2v) is 7.64. The number of ether oxygens (including phenoxy) is 1. The summed E-state index contributed by atoms with van der Waals surface area (Å²) < 4.78 is 65.4. The van der Waals surface area contributed by atoms with Crippen LogP contribution < -0.4 is 15.8 Å². The van der Waals surface area contributed by atoms with E-state index in [-0.39, 0.29) is 27.7 Å². The third-order valence-corrected chi connectivity index (χ3v) is 5.08. The van der Waals surface area contributed by atoms with Crippen LogP contribution in [0.3, 0.4) is 0 Å². The van der Waals surface area contributed by atoms with Crippen molar-refractivity contribution in [2.24, 2.45) is 0 Å². The molecule has 2 rings (SSSR count). The van der Waals surface area contributed by atoms with Gasteiger partial charge in [0, 0.05) is 12.7 Å². The number of carbonyl (C=O) groups excluding carboxylic acids is 1. The first-order chi connectivity index (χ1) is 12.9. The Morgan fingerprint density at radius 2 is 1.89 bits per heavy atom. The van der Waals surface area contributed by atoms with Gasteiger partial charge in [0.15, 0.2) is 5.69 Å². The van der Waals surface area contributed by atoms with E-state index in [2.05, 4.69) is 15.0 Å². The highest BCUT2D eigenvalue weighted by Gasteiger charge is 2.31. The lowest BCUT2D eigenvalue weighted by atomic mass is 10.3. The van der Waals surface area contributed by atoms with Crippen LogP contribution in [0.2, 0.25) is 0 Å². The van der Waals surface area contributed by atoms with Gasteiger partial charge in [-0.15, -0.1) is 13.2 Å². The first-order valence-corrected chi connectivity index (χ1v) is 9.21. The molecule has 12 heteroatoms. The highest BCUT2D eigenvalue weighted by Crippen LogP contribution is 2.27. The van der Waals surface area contributed by atoms with E-state index in [0.29, 0.717) is 0 Å². The third kappa shape index (κ3) is 5.33. The molecule has 152 valence electrons. The number of benzene rings is 1. The number of halogens is 3. The van der Waals surface area contributed by atoms with Crippen LogP contribution in [0.25, 0.3) is 0 Å². The number of amides is 1. The van der Waals surface area contributed by atoms with Crippen LogP contribution in [-0.2, 0) is 9.84 Å². The molecule has 0 aliphatic heterocycles. The molecule has 1 aromatic heterocycles. The minimum absolute atomic E-state index is 0.0493. The van der Waals surface area contributed by atoms with Crippen molar-refractivity contribution in [2.75, 3.05) is 12.3 Å². The van der Waals surface area contributed by atoms with Gasteiger partial charge in [-0.3, -0.25) is 4.79 Å². The standard InChI is InChI=1S/C16H16F3N3O5S/c1-9(23)7-22-15(24)14-13(20)6-12(8-21-14)28(25,26)11-4-2-10(3-5-11)27-16(17,18)19/h2-6,8-9,23H,7,20H2,1H3,(H,22,24)/t9-/m0/s1. The van der Waals surface area contributed by atoms with Gasteiger partial charge in [-0.2, -0.15) is 0 Å². The van der Waals surface area contributed by atoms with Crippen LogP contribution in [0.1, 0.15) is 17.4 Å². The fraction of sp³-hybridized carbons (Fsp3) is 0.250. The number of pyridine rings is 1. The number of aromatic nitrogens is 1. The second-order valence-electron chi connectivity index (χ2n) is 5.69. The average Bonchev–Trinajstić information content (AvgIpc) is 2.58. The van der Waals surface area contributed by atoms with Crippen molar-refractivity contribution >= 4 is 21.4 Å². The Kier molecular flexibility index (Phi) is 6.14. The van der Waals surface area contributed by atoms with Crippen molar-refractivity contribution in [2.45, 2.75) is 29.2 Å². The topological polar surface area (TPSA) is 132 Å². The number of aliphatic hydroxyl groups excluding tert-OH is 1. The van der Waals surface area contributed by atoms with E-state index in [1.54, 1.807) is 0 Å². The molecule has 0 spiro atoms. The summed E-state index contributed by atoms with van der Waals surface area (Å²) in [5, 5.41) is 11.5. The Hall–Kier alpha value is -2.86. The van der Waals surface area contributed by atoms with Crippen LogP contribution in [-0.4, -0.2) is 43.4 Å². The lowest BCUT2D eigenvalue weighted by Gasteiger charge is -2.11. The van der Waals surface area contributed by atoms with E-state index in [1.807, 2.05) is 0 Å². The van der Waals surface area contributed by atoms with Crippen molar-refractivity contribution in [3.63, 3.8) is 0 Å². The Balaban J connectivity index is 2.26. The second kappa shape index (κ2) is 8.02. The predicted molar refractivity (Wildman–Crippen MR) is 91.2 cm³/mol. The van der Waals surface area contributed by atoms with E-state index in [0.717, 1.165) is 36.5 Å². The van der Waals surface area contributed by atoms with Crippen LogP contribution in [0, 0.1) is 0 Å². The maximum atomic E-state index is 12.6. The predicted octanol–water partition coefficient (Wildman–Crippen LogP) is 1.51. The maximum Gasteiger partial charge on any atom is 0.573 e. The minimum Gasteiger partial charge on any atom is -0.406 e. The number of nitrogens with zero attached hydrogens (tertiary/aromatic N) is 1. The smallest absolute Gasteiger partial charge is 0.406 e. The van der Waals surface area contributed by atoms with Crippen LogP contribution >= 0.6 is 0 Å². The van der Waals surface area contributed by atoms with Gasteiger partial charge in [-0.1, -0.05) is 0 Å². The highest BCUT2D eigenvalue weighted by molar-refractivity contribution is 7.91. The number of sulfone groups is 1. The minimum atomic E-state index is -4.90. The molecule has 0 aliphatic rings. The Morgan fingerprint density at radius 1 is 1.29 bits per heavy atom. The van der Waals surface area contributed by atoms with Gasteiger partial charge in [-0.05, 0) is 37.3 Å². The molecular formula is C16H16F3N3O5S. The fourth-order valence-electron chi connectivity index (χ4n) is 2.08. The maximum absolute atomic E-state index is 12.6. The van der Waals surface area contributed by atoms with Gasteiger partial charge in [-0.25, -0.2) is 13.4 Å². The summed E-state index contributed by atoms with van der Waals surface area (Å²) in [5.41, 5.74) is 5.25. The van der Waals surface area contributed by atoms with Crippen molar-refractivity contribution in [1.29, 1.82) is 0 Å². The number of nitrogens with one attached hydrogen (secondary N) is 1. The first kappa shape index (κ1) is 21.4. The summed E-state index contributed by atoms with van der Waals surface area (Å²) in [6.45, 7) is 1.41. The summed E-state index contributed by atoms with van der Waals surface area (Å²) in [7, 11) is -4.14. The molecule has 0 aliphatic carbocycles. The SMILES string of the molecule is C[C@H](O)CNC(=O)c1ncc(S(=O)(=O)c2ccc(OC(F)(F)F)cc2)cc1N.